The molecule has 0 radical (unpaired) electrons. The molecular formula is C10H13NO4. The van der Waals surface area contributed by atoms with Crippen molar-refractivity contribution in [2.24, 2.45) is 0 Å². The first-order valence-electron chi connectivity index (χ1n) is 4.40. The molecule has 5 heteroatoms. The second-order valence-electron chi connectivity index (χ2n) is 3.45. The zero-order valence-corrected chi connectivity index (χ0v) is 8.60. The number of aliphatic hydroxyl groups is 1. The van der Waals surface area contributed by atoms with Gasteiger partial charge in [0.25, 0.3) is 0 Å². The molecule has 0 saturated heterocycles. The largest absolute Gasteiger partial charge is 0.495 e. The molecule has 0 aromatic carbocycles. The highest BCUT2D eigenvalue weighted by atomic mass is 16.5. The number of aliphatic carboxylic acids is 1. The molecule has 1 aromatic heterocycles. The summed E-state index contributed by atoms with van der Waals surface area (Å²) in [6.07, 6.45) is 1.44. The van der Waals surface area contributed by atoms with Crippen molar-refractivity contribution in [3.05, 3.63) is 24.0 Å². The second kappa shape index (κ2) is 4.27. The van der Waals surface area contributed by atoms with Crippen LogP contribution in [0.5, 0.6) is 5.75 Å². The van der Waals surface area contributed by atoms with Crippen molar-refractivity contribution in [2.75, 3.05) is 7.11 Å². The second-order valence-corrected chi connectivity index (χ2v) is 3.45. The highest BCUT2D eigenvalue weighted by molar-refractivity contribution is 5.76. The van der Waals surface area contributed by atoms with Crippen molar-refractivity contribution in [3.8, 4) is 5.75 Å². The summed E-state index contributed by atoms with van der Waals surface area (Å²) < 4.78 is 4.91. The van der Waals surface area contributed by atoms with E-state index in [2.05, 4.69) is 4.98 Å². The van der Waals surface area contributed by atoms with E-state index in [-0.39, 0.29) is 6.42 Å². The number of carboxylic acids is 1. The van der Waals surface area contributed by atoms with Crippen molar-refractivity contribution in [1.29, 1.82) is 0 Å². The fraction of sp³-hybridized carbons (Fsp3) is 0.400. The van der Waals surface area contributed by atoms with Crippen LogP contribution in [0.1, 0.15) is 12.6 Å². The Morgan fingerprint density at radius 2 is 2.27 bits per heavy atom. The Hall–Kier alpha value is -1.62. The van der Waals surface area contributed by atoms with Crippen LogP contribution in [0.25, 0.3) is 0 Å². The van der Waals surface area contributed by atoms with Gasteiger partial charge in [0.05, 0.1) is 13.3 Å². The van der Waals surface area contributed by atoms with Gasteiger partial charge in [-0.3, -0.25) is 4.98 Å². The molecule has 82 valence electrons. The van der Waals surface area contributed by atoms with Gasteiger partial charge in [-0.15, -0.1) is 0 Å². The lowest BCUT2D eigenvalue weighted by Gasteiger charge is -2.16. The normalized spacial score (nSPS) is 14.3. The number of carbonyl (C=O) groups is 1. The minimum Gasteiger partial charge on any atom is -0.495 e. The number of nitrogens with zero attached hydrogens (tertiary/aromatic N) is 1. The Morgan fingerprint density at radius 1 is 1.60 bits per heavy atom. The molecular weight excluding hydrogens is 198 g/mol. The third kappa shape index (κ3) is 2.92. The minimum absolute atomic E-state index is 0.0354. The van der Waals surface area contributed by atoms with Gasteiger partial charge in [-0.05, 0) is 19.1 Å². The highest BCUT2D eigenvalue weighted by Crippen LogP contribution is 2.14. The first kappa shape index (κ1) is 11.5. The third-order valence-electron chi connectivity index (χ3n) is 2.02. The molecule has 0 aliphatic carbocycles. The van der Waals surface area contributed by atoms with E-state index in [1.807, 2.05) is 0 Å². The van der Waals surface area contributed by atoms with Crippen LogP contribution in [0.15, 0.2) is 18.3 Å². The van der Waals surface area contributed by atoms with Gasteiger partial charge < -0.3 is 14.9 Å². The molecule has 0 spiro atoms. The number of carboxylic acid groups (broad SMARTS) is 1. The predicted molar refractivity (Wildman–Crippen MR) is 52.8 cm³/mol. The van der Waals surface area contributed by atoms with E-state index in [0.717, 1.165) is 0 Å². The van der Waals surface area contributed by atoms with E-state index >= 15 is 0 Å². The molecule has 1 aromatic rings. The molecule has 0 saturated carbocycles. The van der Waals surface area contributed by atoms with Crippen molar-refractivity contribution < 1.29 is 19.7 Å². The zero-order valence-electron chi connectivity index (χ0n) is 8.60. The third-order valence-corrected chi connectivity index (χ3v) is 2.02. The SMILES string of the molecule is COc1ccc(CC(C)(O)C(=O)O)nc1. The maximum atomic E-state index is 10.6. The molecule has 0 amide bonds. The van der Waals surface area contributed by atoms with Gasteiger partial charge in [0.15, 0.2) is 5.60 Å². The smallest absolute Gasteiger partial charge is 0.335 e. The van der Waals surface area contributed by atoms with Gasteiger partial charge >= 0.3 is 5.97 Å². The molecule has 0 bridgehead atoms. The first-order valence-corrected chi connectivity index (χ1v) is 4.40. The Bertz CT molecular complexity index is 345. The quantitative estimate of drug-likeness (QED) is 0.756. The van der Waals surface area contributed by atoms with Crippen LogP contribution in [0, 0.1) is 0 Å². The van der Waals surface area contributed by atoms with Crippen LogP contribution >= 0.6 is 0 Å². The van der Waals surface area contributed by atoms with Gasteiger partial charge in [0, 0.05) is 12.1 Å². The molecule has 1 atom stereocenters. The molecule has 1 unspecified atom stereocenters. The standard InChI is InChI=1S/C10H13NO4/c1-10(14,9(12)13)5-7-3-4-8(15-2)6-11-7/h3-4,6,14H,5H2,1-2H3,(H,12,13). The zero-order chi connectivity index (χ0) is 11.5. The Labute approximate surface area is 87.3 Å². The van der Waals surface area contributed by atoms with Crippen molar-refractivity contribution >= 4 is 5.97 Å². The van der Waals surface area contributed by atoms with E-state index in [1.54, 1.807) is 12.1 Å². The summed E-state index contributed by atoms with van der Waals surface area (Å²) in [7, 11) is 1.52. The lowest BCUT2D eigenvalue weighted by molar-refractivity contribution is -0.156. The Kier molecular flexibility index (Phi) is 3.26. The first-order chi connectivity index (χ1) is 6.95. The Balaban J connectivity index is 2.77. The van der Waals surface area contributed by atoms with Crippen LogP contribution in [-0.2, 0) is 11.2 Å². The summed E-state index contributed by atoms with van der Waals surface area (Å²) in [5.41, 5.74) is -1.29. The molecule has 0 aliphatic heterocycles. The average Bonchev–Trinajstić information content (AvgIpc) is 2.18. The summed E-state index contributed by atoms with van der Waals surface area (Å²) in [6.45, 7) is 1.24. The lowest BCUT2D eigenvalue weighted by atomic mass is 10.0. The van der Waals surface area contributed by atoms with E-state index in [4.69, 9.17) is 9.84 Å². The fourth-order valence-electron chi connectivity index (χ4n) is 1.06. The van der Waals surface area contributed by atoms with Gasteiger partial charge in [0.2, 0.25) is 0 Å². The summed E-state index contributed by atoms with van der Waals surface area (Å²) in [6, 6.07) is 3.29. The van der Waals surface area contributed by atoms with Gasteiger partial charge in [-0.25, -0.2) is 4.79 Å². The minimum atomic E-state index is -1.79. The maximum absolute atomic E-state index is 10.6. The molecule has 15 heavy (non-hydrogen) atoms. The van der Waals surface area contributed by atoms with Crippen molar-refractivity contribution in [2.45, 2.75) is 18.9 Å². The van der Waals surface area contributed by atoms with Crippen LogP contribution in [0.4, 0.5) is 0 Å². The monoisotopic (exact) mass is 211 g/mol. The molecule has 5 nitrogen and oxygen atoms in total. The number of ether oxygens (including phenoxy) is 1. The molecule has 1 heterocycles. The van der Waals surface area contributed by atoms with Gasteiger partial charge in [-0.2, -0.15) is 0 Å². The van der Waals surface area contributed by atoms with Crippen LogP contribution < -0.4 is 4.74 Å². The predicted octanol–water partition coefficient (Wildman–Crippen LogP) is 0.468. The highest BCUT2D eigenvalue weighted by Gasteiger charge is 2.30. The summed E-state index contributed by atoms with van der Waals surface area (Å²) in [4.78, 5) is 14.6. The van der Waals surface area contributed by atoms with E-state index in [9.17, 15) is 9.90 Å². The number of rotatable bonds is 4. The number of pyridine rings is 1. The number of aromatic nitrogens is 1. The van der Waals surface area contributed by atoms with Crippen LogP contribution in [0.3, 0.4) is 0 Å². The summed E-state index contributed by atoms with van der Waals surface area (Å²) >= 11 is 0. The van der Waals surface area contributed by atoms with E-state index in [1.165, 1.54) is 20.2 Å². The van der Waals surface area contributed by atoms with E-state index in [0.29, 0.717) is 11.4 Å². The lowest BCUT2D eigenvalue weighted by Crippen LogP contribution is -2.37. The summed E-state index contributed by atoms with van der Waals surface area (Å²) in [5, 5.41) is 18.2. The summed E-state index contributed by atoms with van der Waals surface area (Å²) in [5.74, 6) is -0.672. The molecule has 0 aliphatic rings. The van der Waals surface area contributed by atoms with Gasteiger partial charge in [0.1, 0.15) is 5.75 Å². The van der Waals surface area contributed by atoms with Crippen LogP contribution in [-0.4, -0.2) is 33.9 Å². The Morgan fingerprint density at radius 3 is 2.67 bits per heavy atom. The molecule has 2 N–H and O–H groups in total. The average molecular weight is 211 g/mol. The number of hydrogen-bond acceptors (Lipinski definition) is 4. The van der Waals surface area contributed by atoms with Gasteiger partial charge in [-0.1, -0.05) is 0 Å². The number of hydrogen-bond donors (Lipinski definition) is 2. The van der Waals surface area contributed by atoms with Crippen molar-refractivity contribution in [3.63, 3.8) is 0 Å². The molecule has 0 fully saturated rings. The topological polar surface area (TPSA) is 79.7 Å². The van der Waals surface area contributed by atoms with Crippen molar-refractivity contribution in [1.82, 2.24) is 4.98 Å². The van der Waals surface area contributed by atoms with Crippen LogP contribution in [0.2, 0.25) is 0 Å². The molecule has 1 rings (SSSR count). The fourth-order valence-corrected chi connectivity index (χ4v) is 1.06. The van der Waals surface area contributed by atoms with E-state index < -0.39 is 11.6 Å². The number of methoxy groups -OCH3 is 1. The maximum Gasteiger partial charge on any atom is 0.335 e.